The lowest BCUT2D eigenvalue weighted by Crippen LogP contribution is -2.33. The minimum Gasteiger partial charge on any atom is -0.506 e. The minimum atomic E-state index is -0.705. The van der Waals surface area contributed by atoms with Crippen molar-refractivity contribution in [3.63, 3.8) is 0 Å². The molecule has 2 rings (SSSR count). The highest BCUT2D eigenvalue weighted by Crippen LogP contribution is 2.44. The summed E-state index contributed by atoms with van der Waals surface area (Å²) in [6.45, 7) is 11.5. The molecule has 6 atom stereocenters. The van der Waals surface area contributed by atoms with Crippen molar-refractivity contribution in [2.45, 2.75) is 71.7 Å². The molecule has 0 saturated heterocycles. The number of phenolic OH excluding ortho intramolecular Hbond substituents is 2. The number of methoxy groups -OCH3 is 2. The molecule has 1 aliphatic heterocycles. The summed E-state index contributed by atoms with van der Waals surface area (Å²) in [6.07, 6.45) is 9.44. The molecule has 0 saturated carbocycles. The first-order valence-electron chi connectivity index (χ1n) is 13.2. The Morgan fingerprint density at radius 1 is 1.13 bits per heavy atom. The quantitative estimate of drug-likeness (QED) is 0.234. The number of fused-ring (bicyclic) bond motifs is 2. The number of benzene rings is 1. The highest BCUT2D eigenvalue weighted by molar-refractivity contribution is 6.04. The number of aliphatic imine (C=N–C) groups is 1. The van der Waals surface area contributed by atoms with Crippen LogP contribution in [0.3, 0.4) is 0 Å². The summed E-state index contributed by atoms with van der Waals surface area (Å²) in [6, 6.07) is 1.29. The predicted molar refractivity (Wildman–Crippen MR) is 152 cm³/mol. The van der Waals surface area contributed by atoms with Crippen LogP contribution >= 0.6 is 0 Å². The average molecular weight is 529 g/mol. The van der Waals surface area contributed by atoms with Gasteiger partial charge in [0.1, 0.15) is 23.3 Å². The number of aromatic hydroxyl groups is 2. The number of carbonyl (C=O) groups excluding carboxylic acids is 1. The van der Waals surface area contributed by atoms with Gasteiger partial charge in [-0.2, -0.15) is 0 Å². The molecule has 210 valence electrons. The van der Waals surface area contributed by atoms with Crippen LogP contribution in [0.25, 0.3) is 0 Å². The summed E-state index contributed by atoms with van der Waals surface area (Å²) in [5.41, 5.74) is 1.14. The molecule has 0 fully saturated rings. The van der Waals surface area contributed by atoms with Crippen molar-refractivity contribution in [3.8, 4) is 11.5 Å². The van der Waals surface area contributed by atoms with Gasteiger partial charge in [0, 0.05) is 37.6 Å². The van der Waals surface area contributed by atoms with E-state index in [1.54, 1.807) is 39.4 Å². The van der Waals surface area contributed by atoms with Gasteiger partial charge in [0.2, 0.25) is 0 Å². The van der Waals surface area contributed by atoms with Crippen LogP contribution in [0, 0.1) is 17.8 Å². The normalized spacial score (nSPS) is 29.6. The van der Waals surface area contributed by atoms with Crippen LogP contribution < -0.4 is 5.32 Å². The van der Waals surface area contributed by atoms with E-state index in [0.717, 1.165) is 12.8 Å². The Morgan fingerprint density at radius 2 is 1.82 bits per heavy atom. The van der Waals surface area contributed by atoms with Gasteiger partial charge in [0.15, 0.2) is 0 Å². The molecule has 8 nitrogen and oxygen atoms in total. The Morgan fingerprint density at radius 3 is 2.45 bits per heavy atom. The molecule has 8 heteroatoms. The molecule has 1 aromatic carbocycles. The highest BCUT2D eigenvalue weighted by atomic mass is 16.5. The number of ether oxygens (including phenoxy) is 2. The van der Waals surface area contributed by atoms with Crippen LogP contribution in [-0.2, 0) is 20.7 Å². The SMILES string of the molecule is C=CC=Nc1c(O)cc2c(O)c1CC(C)CC(OC)C(C)CCC(C)C(O)C(OC)C=C/C=C(\C)C(=O)N2. The Kier molecular flexibility index (Phi) is 12.2. The molecule has 2 bridgehead atoms. The van der Waals surface area contributed by atoms with Crippen LogP contribution in [0.4, 0.5) is 11.4 Å². The molecule has 0 aromatic heterocycles. The number of rotatable bonds is 4. The molecule has 1 amide bonds. The Balaban J connectivity index is 2.56. The first kappa shape index (κ1) is 31.3. The fourth-order valence-corrected chi connectivity index (χ4v) is 4.80. The fourth-order valence-electron chi connectivity index (χ4n) is 4.80. The van der Waals surface area contributed by atoms with Gasteiger partial charge in [0.25, 0.3) is 5.91 Å². The lowest BCUT2D eigenvalue weighted by molar-refractivity contribution is -0.112. The van der Waals surface area contributed by atoms with Crippen molar-refractivity contribution >= 4 is 23.5 Å². The van der Waals surface area contributed by atoms with E-state index in [9.17, 15) is 20.1 Å². The Hall–Kier alpha value is -2.94. The van der Waals surface area contributed by atoms with Crippen molar-refractivity contribution in [2.75, 3.05) is 19.5 Å². The van der Waals surface area contributed by atoms with Crippen LogP contribution in [-0.4, -0.2) is 60.0 Å². The van der Waals surface area contributed by atoms with E-state index in [1.165, 1.54) is 18.4 Å². The second kappa shape index (κ2) is 14.9. The van der Waals surface area contributed by atoms with E-state index in [-0.39, 0.29) is 46.7 Å². The molecule has 1 heterocycles. The second-order valence-corrected chi connectivity index (χ2v) is 10.4. The van der Waals surface area contributed by atoms with Gasteiger partial charge < -0.3 is 30.1 Å². The van der Waals surface area contributed by atoms with E-state index >= 15 is 0 Å². The number of nitrogens with one attached hydrogen (secondary N) is 1. The van der Waals surface area contributed by atoms with Crippen molar-refractivity contribution in [3.05, 3.63) is 48.1 Å². The average Bonchev–Trinajstić information content (AvgIpc) is 2.89. The molecule has 6 unspecified atom stereocenters. The maximum absolute atomic E-state index is 12.9. The van der Waals surface area contributed by atoms with E-state index in [4.69, 9.17) is 9.47 Å². The zero-order valence-corrected chi connectivity index (χ0v) is 23.5. The lowest BCUT2D eigenvalue weighted by Gasteiger charge is -2.29. The number of carbonyl (C=O) groups is 1. The summed E-state index contributed by atoms with van der Waals surface area (Å²) in [7, 11) is 3.24. The summed E-state index contributed by atoms with van der Waals surface area (Å²) < 4.78 is 11.4. The van der Waals surface area contributed by atoms with Crippen molar-refractivity contribution in [1.82, 2.24) is 0 Å². The third-order valence-electron chi connectivity index (χ3n) is 7.31. The summed E-state index contributed by atoms with van der Waals surface area (Å²) in [5.74, 6) is -0.464. The van der Waals surface area contributed by atoms with Crippen molar-refractivity contribution in [1.29, 1.82) is 0 Å². The fraction of sp³-hybridized carbons (Fsp3) is 0.533. The Labute approximate surface area is 226 Å². The van der Waals surface area contributed by atoms with Gasteiger partial charge in [-0.25, -0.2) is 0 Å². The third-order valence-corrected chi connectivity index (χ3v) is 7.31. The standard InChI is InChI=1S/C30H44N2O6/c1-8-14-31-27-22-15-18(2)16-26(38-7)19(3)12-13-20(4)28(34)25(37-6)11-9-10-21(5)30(36)32-23(29(22)35)17-24(27)33/h8-11,14,17-20,25-26,28,33-35H,1,12-13,15-16H2,2-7H3,(H,32,36)/b11-9?,21-10+,31-14?. The van der Waals surface area contributed by atoms with E-state index < -0.39 is 18.1 Å². The number of hydrogen-bond donors (Lipinski definition) is 4. The molecular weight excluding hydrogens is 484 g/mol. The van der Waals surface area contributed by atoms with Gasteiger partial charge in [-0.05, 0) is 50.4 Å². The van der Waals surface area contributed by atoms with Gasteiger partial charge in [-0.15, -0.1) is 0 Å². The molecule has 0 aliphatic carbocycles. The van der Waals surface area contributed by atoms with Crippen molar-refractivity contribution in [2.24, 2.45) is 22.7 Å². The van der Waals surface area contributed by atoms with E-state index in [2.05, 4.69) is 30.7 Å². The van der Waals surface area contributed by atoms with Crippen LogP contribution in [0.15, 0.2) is 47.5 Å². The third kappa shape index (κ3) is 8.28. The van der Waals surface area contributed by atoms with E-state index in [0.29, 0.717) is 24.0 Å². The topological polar surface area (TPSA) is 121 Å². The first-order chi connectivity index (χ1) is 18.0. The molecule has 1 aliphatic rings. The maximum atomic E-state index is 12.9. The smallest absolute Gasteiger partial charge is 0.251 e. The lowest BCUT2D eigenvalue weighted by atomic mass is 9.85. The number of allylic oxidation sites excluding steroid dienone is 3. The molecule has 38 heavy (non-hydrogen) atoms. The zero-order valence-electron chi connectivity index (χ0n) is 23.5. The number of phenols is 2. The van der Waals surface area contributed by atoms with Gasteiger partial charge in [0.05, 0.1) is 17.9 Å². The van der Waals surface area contributed by atoms with Crippen molar-refractivity contribution < 1.29 is 29.6 Å². The zero-order chi connectivity index (χ0) is 28.4. The number of anilines is 1. The molecular formula is C30H44N2O6. The number of amides is 1. The van der Waals surface area contributed by atoms with Gasteiger partial charge >= 0.3 is 0 Å². The number of aliphatic hydroxyl groups is 1. The Bertz CT molecular complexity index is 1050. The summed E-state index contributed by atoms with van der Waals surface area (Å²) in [5, 5.41) is 35.5. The van der Waals surface area contributed by atoms with E-state index in [1.807, 2.05) is 6.92 Å². The summed E-state index contributed by atoms with van der Waals surface area (Å²) in [4.78, 5) is 17.2. The van der Waals surface area contributed by atoms with Crippen LogP contribution in [0.5, 0.6) is 11.5 Å². The highest BCUT2D eigenvalue weighted by Gasteiger charge is 2.27. The summed E-state index contributed by atoms with van der Waals surface area (Å²) >= 11 is 0. The molecule has 0 spiro atoms. The molecule has 4 N–H and O–H groups in total. The van der Waals surface area contributed by atoms with Crippen LogP contribution in [0.2, 0.25) is 0 Å². The monoisotopic (exact) mass is 528 g/mol. The largest absolute Gasteiger partial charge is 0.506 e. The van der Waals surface area contributed by atoms with Gasteiger partial charge in [-0.1, -0.05) is 51.7 Å². The number of nitrogens with zero attached hydrogens (tertiary/aromatic N) is 1. The first-order valence-corrected chi connectivity index (χ1v) is 13.2. The predicted octanol–water partition coefficient (Wildman–Crippen LogP) is 5.45. The number of hydrogen-bond acceptors (Lipinski definition) is 7. The second-order valence-electron chi connectivity index (χ2n) is 10.4. The maximum Gasteiger partial charge on any atom is 0.251 e. The minimum absolute atomic E-state index is 0.0101. The molecule has 0 radical (unpaired) electrons. The van der Waals surface area contributed by atoms with Gasteiger partial charge in [-0.3, -0.25) is 9.79 Å². The van der Waals surface area contributed by atoms with Crippen LogP contribution in [0.1, 0.15) is 52.5 Å². The molecule has 1 aromatic rings. The number of aliphatic hydroxyl groups excluding tert-OH is 1.